The number of likely N-dealkylation sites (N-methyl/N-ethyl adjacent to an activating group) is 2. The van der Waals surface area contributed by atoms with Crippen LogP contribution in [0.25, 0.3) is 11.0 Å². The summed E-state index contributed by atoms with van der Waals surface area (Å²) in [5.74, 6) is 0.708. The number of halogens is 1. The van der Waals surface area contributed by atoms with Crippen LogP contribution in [0.1, 0.15) is 42.6 Å². The van der Waals surface area contributed by atoms with Gasteiger partial charge in [-0.05, 0) is 45.6 Å². The number of aromatic nitrogens is 3. The highest BCUT2D eigenvalue weighted by molar-refractivity contribution is 6.30. The van der Waals surface area contributed by atoms with Crippen LogP contribution >= 0.6 is 11.6 Å². The Morgan fingerprint density at radius 3 is 2.50 bits per heavy atom. The van der Waals surface area contributed by atoms with E-state index in [0.717, 1.165) is 12.1 Å². The summed E-state index contributed by atoms with van der Waals surface area (Å²) in [4.78, 5) is 35.8. The Morgan fingerprint density at radius 1 is 1.21 bits per heavy atom. The molecule has 8 nitrogen and oxygen atoms in total. The van der Waals surface area contributed by atoms with E-state index in [-0.39, 0.29) is 23.3 Å². The molecule has 2 aromatic heterocycles. The average molecular weight is 488 g/mol. The average Bonchev–Trinajstić information content (AvgIpc) is 3.04. The zero-order chi connectivity index (χ0) is 25.2. The number of benzene rings is 1. The number of fused-ring (bicyclic) bond motifs is 1. The predicted molar refractivity (Wildman–Crippen MR) is 136 cm³/mol. The number of carbonyl (C=O) groups is 1. The Hall–Kier alpha value is -2.84. The third-order valence-electron chi connectivity index (χ3n) is 5.66. The van der Waals surface area contributed by atoms with Crippen LogP contribution in [0.2, 0.25) is 5.02 Å². The third kappa shape index (κ3) is 5.28. The molecule has 184 valence electrons. The van der Waals surface area contributed by atoms with Crippen molar-refractivity contribution in [2.24, 2.45) is 7.05 Å². The van der Waals surface area contributed by atoms with Crippen molar-refractivity contribution < 1.29 is 9.53 Å². The summed E-state index contributed by atoms with van der Waals surface area (Å²) >= 11 is 6.16. The molecule has 0 atom stereocenters. The van der Waals surface area contributed by atoms with E-state index in [1.807, 2.05) is 58.0 Å². The first kappa shape index (κ1) is 25.8. The lowest BCUT2D eigenvalue weighted by atomic mass is 10.2. The third-order valence-corrected chi connectivity index (χ3v) is 5.89. The molecule has 1 aromatic carbocycles. The lowest BCUT2D eigenvalue weighted by Gasteiger charge is -2.21. The van der Waals surface area contributed by atoms with Crippen LogP contribution in [0.4, 0.5) is 0 Å². The van der Waals surface area contributed by atoms with Gasteiger partial charge in [0.15, 0.2) is 17.1 Å². The Bertz CT molecular complexity index is 1250. The molecule has 0 unspecified atom stereocenters. The van der Waals surface area contributed by atoms with E-state index in [0.29, 0.717) is 47.1 Å². The van der Waals surface area contributed by atoms with E-state index in [4.69, 9.17) is 21.3 Å². The van der Waals surface area contributed by atoms with Gasteiger partial charge >= 0.3 is 0 Å². The van der Waals surface area contributed by atoms with Gasteiger partial charge in [-0.15, -0.1) is 0 Å². The molecule has 0 aliphatic rings. The molecule has 0 saturated heterocycles. The molecule has 34 heavy (non-hydrogen) atoms. The van der Waals surface area contributed by atoms with E-state index in [1.54, 1.807) is 34.2 Å². The van der Waals surface area contributed by atoms with Gasteiger partial charge in [0.2, 0.25) is 0 Å². The smallest absolute Gasteiger partial charge is 0.274 e. The van der Waals surface area contributed by atoms with Gasteiger partial charge in [-0.1, -0.05) is 30.7 Å². The Kier molecular flexibility index (Phi) is 8.05. The topological polar surface area (TPSA) is 72.6 Å². The minimum atomic E-state index is -0.233. The summed E-state index contributed by atoms with van der Waals surface area (Å²) in [7, 11) is 7.43. The molecule has 0 bridgehead atoms. The highest BCUT2D eigenvalue weighted by Crippen LogP contribution is 2.31. The number of rotatable bonds is 9. The van der Waals surface area contributed by atoms with Gasteiger partial charge in [-0.2, -0.15) is 0 Å². The molecule has 2 heterocycles. The molecule has 0 aliphatic heterocycles. The second-order valence-electron chi connectivity index (χ2n) is 9.03. The number of hydrogen-bond donors (Lipinski definition) is 0. The lowest BCUT2D eigenvalue weighted by molar-refractivity contribution is 0.0771. The van der Waals surface area contributed by atoms with Crippen LogP contribution in [-0.2, 0) is 20.0 Å². The van der Waals surface area contributed by atoms with Crippen molar-refractivity contribution in [1.82, 2.24) is 23.9 Å². The van der Waals surface area contributed by atoms with E-state index >= 15 is 0 Å². The maximum Gasteiger partial charge on any atom is 0.274 e. The highest BCUT2D eigenvalue weighted by atomic mass is 35.5. The maximum absolute atomic E-state index is 13.8. The van der Waals surface area contributed by atoms with Crippen molar-refractivity contribution in [2.45, 2.75) is 39.8 Å². The summed E-state index contributed by atoms with van der Waals surface area (Å²) in [5, 5.41) is 0.926. The second-order valence-corrected chi connectivity index (χ2v) is 9.47. The molecule has 1 amide bonds. The largest absolute Gasteiger partial charge is 0.488 e. The van der Waals surface area contributed by atoms with Crippen molar-refractivity contribution in [2.75, 3.05) is 34.2 Å². The molecule has 0 fully saturated rings. The molecular formula is C25H34ClN5O3. The van der Waals surface area contributed by atoms with Crippen LogP contribution in [0.15, 0.2) is 29.1 Å². The Labute approximate surface area is 205 Å². The second kappa shape index (κ2) is 10.6. The van der Waals surface area contributed by atoms with Crippen LogP contribution in [0.3, 0.4) is 0 Å². The van der Waals surface area contributed by atoms with E-state index < -0.39 is 0 Å². The van der Waals surface area contributed by atoms with E-state index in [9.17, 15) is 9.59 Å². The van der Waals surface area contributed by atoms with Gasteiger partial charge in [-0.25, -0.2) is 4.98 Å². The summed E-state index contributed by atoms with van der Waals surface area (Å²) < 4.78 is 9.43. The van der Waals surface area contributed by atoms with Crippen LogP contribution in [0, 0.1) is 0 Å². The number of nitrogens with zero attached hydrogens (tertiary/aromatic N) is 5. The predicted octanol–water partition coefficient (Wildman–Crippen LogP) is 3.42. The summed E-state index contributed by atoms with van der Waals surface area (Å²) in [6.07, 6.45) is 0.333. The van der Waals surface area contributed by atoms with Crippen molar-refractivity contribution in [3.63, 3.8) is 0 Å². The zero-order valence-corrected chi connectivity index (χ0v) is 21.8. The lowest BCUT2D eigenvalue weighted by Crippen LogP contribution is -2.34. The van der Waals surface area contributed by atoms with Crippen molar-refractivity contribution in [3.05, 3.63) is 56.7 Å². The molecule has 0 N–H and O–H groups in total. The number of aryl methyl sites for hydroxylation is 2. The van der Waals surface area contributed by atoms with Crippen molar-refractivity contribution >= 4 is 28.5 Å². The van der Waals surface area contributed by atoms with E-state index in [1.165, 1.54) is 0 Å². The first-order valence-electron chi connectivity index (χ1n) is 11.5. The zero-order valence-electron chi connectivity index (χ0n) is 21.1. The summed E-state index contributed by atoms with van der Waals surface area (Å²) in [6.45, 7) is 7.30. The van der Waals surface area contributed by atoms with Gasteiger partial charge in [0.1, 0.15) is 11.2 Å². The molecular weight excluding hydrogens is 454 g/mol. The molecule has 9 heteroatoms. The van der Waals surface area contributed by atoms with Gasteiger partial charge in [0, 0.05) is 38.6 Å². The minimum Gasteiger partial charge on any atom is -0.488 e. The number of ether oxygens (including phenoxy) is 1. The van der Waals surface area contributed by atoms with Gasteiger partial charge in [0.25, 0.3) is 11.5 Å². The maximum atomic E-state index is 13.8. The summed E-state index contributed by atoms with van der Waals surface area (Å²) in [6, 6.07) is 7.42. The molecule has 0 aliphatic carbocycles. The standard InChI is InChI=1S/C25H34ClN5O3/c1-8-19-27-23-20(24(32)31(19)15-17-10-9-11-18(26)14-17)22(34-16(2)3)21(30(23)7)25(33)29(6)13-12-28(4)5/h9-11,14,16H,8,12-13,15H2,1-7H3. The van der Waals surface area contributed by atoms with Crippen LogP contribution in [0.5, 0.6) is 5.75 Å². The molecule has 3 aromatic rings. The quantitative estimate of drug-likeness (QED) is 0.462. The SMILES string of the molecule is CCc1nc2c(c(OC(C)C)c(C(=O)N(C)CCN(C)C)n2C)c(=O)n1Cc1cccc(Cl)c1. The van der Waals surface area contributed by atoms with Gasteiger partial charge in [-0.3, -0.25) is 14.2 Å². The van der Waals surface area contributed by atoms with Crippen molar-refractivity contribution in [1.29, 1.82) is 0 Å². The van der Waals surface area contributed by atoms with E-state index in [2.05, 4.69) is 0 Å². The normalized spacial score (nSPS) is 11.6. The fourth-order valence-corrected chi connectivity index (χ4v) is 4.09. The fraction of sp³-hybridized carbons (Fsp3) is 0.480. The molecule has 0 radical (unpaired) electrons. The molecule has 3 rings (SSSR count). The van der Waals surface area contributed by atoms with Gasteiger partial charge < -0.3 is 19.1 Å². The monoisotopic (exact) mass is 487 g/mol. The molecule has 0 saturated carbocycles. The first-order valence-corrected chi connectivity index (χ1v) is 11.9. The first-order chi connectivity index (χ1) is 16.0. The van der Waals surface area contributed by atoms with Crippen LogP contribution < -0.4 is 10.3 Å². The van der Waals surface area contributed by atoms with Crippen molar-refractivity contribution in [3.8, 4) is 5.75 Å². The highest BCUT2D eigenvalue weighted by Gasteiger charge is 2.29. The van der Waals surface area contributed by atoms with Gasteiger partial charge in [0.05, 0.1) is 12.6 Å². The number of amides is 1. The fourth-order valence-electron chi connectivity index (χ4n) is 3.88. The Morgan fingerprint density at radius 2 is 1.91 bits per heavy atom. The Balaban J connectivity index is 2.22. The number of carbonyl (C=O) groups excluding carboxylic acids is 1. The molecule has 0 spiro atoms. The van der Waals surface area contributed by atoms with Crippen LogP contribution in [-0.4, -0.2) is 70.2 Å². The summed E-state index contributed by atoms with van der Waals surface area (Å²) in [5.41, 5.74) is 1.44. The number of hydrogen-bond acceptors (Lipinski definition) is 5. The minimum absolute atomic E-state index is 0.211.